The van der Waals surface area contributed by atoms with Gasteiger partial charge in [-0.25, -0.2) is 9.78 Å². The molecule has 0 unspecified atom stereocenters. The van der Waals surface area contributed by atoms with Crippen LogP contribution in [-0.2, 0) is 17.8 Å². The van der Waals surface area contributed by atoms with E-state index in [-0.39, 0.29) is 12.1 Å². The number of nitrogens with one attached hydrogen (secondary N) is 1. The van der Waals surface area contributed by atoms with Crippen LogP contribution in [0.5, 0.6) is 0 Å². The van der Waals surface area contributed by atoms with Gasteiger partial charge in [-0.2, -0.15) is 5.21 Å². The molecule has 1 aliphatic rings. The molecule has 0 bridgehead atoms. The van der Waals surface area contributed by atoms with E-state index in [1.165, 1.54) is 0 Å². The van der Waals surface area contributed by atoms with Crippen molar-refractivity contribution in [3.05, 3.63) is 11.4 Å². The predicted molar refractivity (Wildman–Crippen MR) is 81.3 cm³/mol. The summed E-state index contributed by atoms with van der Waals surface area (Å²) in [5.41, 5.74) is 1.33. The van der Waals surface area contributed by atoms with Crippen LogP contribution < -0.4 is 0 Å². The summed E-state index contributed by atoms with van der Waals surface area (Å²) in [6, 6.07) is 0.165. The van der Waals surface area contributed by atoms with Gasteiger partial charge in [0.25, 0.3) is 0 Å². The number of nitrogens with zero attached hydrogens (tertiary/aromatic N) is 6. The van der Waals surface area contributed by atoms with Crippen molar-refractivity contribution in [2.24, 2.45) is 0 Å². The van der Waals surface area contributed by atoms with E-state index in [1.54, 1.807) is 4.90 Å². The molecule has 0 fully saturated rings. The van der Waals surface area contributed by atoms with Gasteiger partial charge in [0, 0.05) is 6.04 Å². The van der Waals surface area contributed by atoms with E-state index >= 15 is 0 Å². The minimum absolute atomic E-state index is 0.165. The van der Waals surface area contributed by atoms with Gasteiger partial charge in [-0.05, 0) is 39.8 Å². The maximum atomic E-state index is 12.2. The highest BCUT2D eigenvalue weighted by Gasteiger charge is 2.34. The van der Waals surface area contributed by atoms with Gasteiger partial charge in [0.2, 0.25) is 5.82 Å². The van der Waals surface area contributed by atoms with Gasteiger partial charge in [-0.1, -0.05) is 0 Å². The normalized spacial score (nSPS) is 14.4. The molecule has 0 radical (unpaired) electrons. The predicted octanol–water partition coefficient (Wildman–Crippen LogP) is 1.89. The van der Waals surface area contributed by atoms with E-state index in [0.29, 0.717) is 24.7 Å². The molecule has 0 atom stereocenters. The molecule has 0 saturated carbocycles. The minimum Gasteiger partial charge on any atom is -0.444 e. The van der Waals surface area contributed by atoms with Gasteiger partial charge in [0.05, 0.1) is 24.5 Å². The minimum atomic E-state index is -0.513. The number of ether oxygens (including phenoxy) is 1. The van der Waals surface area contributed by atoms with Gasteiger partial charge >= 0.3 is 6.09 Å². The molecule has 0 aromatic carbocycles. The Morgan fingerprint density at radius 3 is 2.61 bits per heavy atom. The summed E-state index contributed by atoms with van der Waals surface area (Å²) in [4.78, 5) is 18.5. The first kappa shape index (κ1) is 15.4. The second-order valence-corrected chi connectivity index (χ2v) is 6.86. The molecule has 2 aromatic rings. The Balaban J connectivity index is 1.88. The van der Waals surface area contributed by atoms with Gasteiger partial charge in [-0.15, -0.1) is 10.2 Å². The van der Waals surface area contributed by atoms with E-state index in [2.05, 4.69) is 39.5 Å². The molecule has 1 N–H and O–H groups in total. The van der Waals surface area contributed by atoms with Crippen molar-refractivity contribution < 1.29 is 9.53 Å². The molecule has 3 rings (SSSR count). The Morgan fingerprint density at radius 1 is 1.30 bits per heavy atom. The fraction of sp³-hybridized carbons (Fsp3) is 0.643. The summed E-state index contributed by atoms with van der Waals surface area (Å²) in [6.07, 6.45) is -0.327. The van der Waals surface area contributed by atoms with E-state index in [0.717, 1.165) is 11.4 Å². The summed E-state index contributed by atoms with van der Waals surface area (Å²) in [5, 5.41) is 14.1. The van der Waals surface area contributed by atoms with Crippen molar-refractivity contribution in [2.75, 3.05) is 0 Å². The lowest BCUT2D eigenvalue weighted by molar-refractivity contribution is 0.0237. The standard InChI is InChI=1S/C14H21N7O2/c1-8(2)21-10-7-20(13(22)23-14(3,4)5)6-9(10)15-12(21)11-16-18-19-17-11/h8H,6-7H2,1-5H3,(H,16,17,18,19). The molecule has 0 saturated heterocycles. The van der Waals surface area contributed by atoms with Gasteiger partial charge in [0.15, 0.2) is 5.82 Å². The molecule has 3 heterocycles. The second kappa shape index (κ2) is 5.32. The molecule has 124 valence electrons. The van der Waals surface area contributed by atoms with E-state index in [9.17, 15) is 4.79 Å². The fourth-order valence-electron chi connectivity index (χ4n) is 2.65. The Labute approximate surface area is 134 Å². The van der Waals surface area contributed by atoms with Gasteiger partial charge < -0.3 is 9.30 Å². The van der Waals surface area contributed by atoms with Crippen molar-refractivity contribution in [3.63, 3.8) is 0 Å². The van der Waals surface area contributed by atoms with Crippen LogP contribution in [0.25, 0.3) is 11.6 Å². The number of aromatic nitrogens is 6. The molecular formula is C14H21N7O2. The number of imidazole rings is 1. The molecule has 9 nitrogen and oxygen atoms in total. The van der Waals surface area contributed by atoms with Crippen molar-refractivity contribution in [1.82, 2.24) is 35.1 Å². The maximum absolute atomic E-state index is 12.2. The summed E-state index contributed by atoms with van der Waals surface area (Å²) < 4.78 is 7.48. The third-order valence-electron chi connectivity index (χ3n) is 3.49. The summed E-state index contributed by atoms with van der Waals surface area (Å²) in [7, 11) is 0. The van der Waals surface area contributed by atoms with Crippen LogP contribution in [0.3, 0.4) is 0 Å². The summed E-state index contributed by atoms with van der Waals surface area (Å²) in [6.45, 7) is 10.6. The van der Waals surface area contributed by atoms with Gasteiger partial charge in [-0.3, -0.25) is 4.90 Å². The molecule has 1 amide bonds. The second-order valence-electron chi connectivity index (χ2n) is 6.86. The summed E-state index contributed by atoms with van der Waals surface area (Å²) in [5.74, 6) is 1.12. The Morgan fingerprint density at radius 2 is 2.04 bits per heavy atom. The number of fused-ring (bicyclic) bond motifs is 1. The number of amides is 1. The number of aromatic amines is 1. The number of carbonyl (C=O) groups excluding carboxylic acids is 1. The number of hydrogen-bond acceptors (Lipinski definition) is 6. The lowest BCUT2D eigenvalue weighted by Gasteiger charge is -2.24. The summed E-state index contributed by atoms with van der Waals surface area (Å²) >= 11 is 0. The lowest BCUT2D eigenvalue weighted by atomic mass is 10.2. The highest BCUT2D eigenvalue weighted by Crippen LogP contribution is 2.31. The van der Waals surface area contributed by atoms with Crippen LogP contribution in [0, 0.1) is 0 Å². The lowest BCUT2D eigenvalue weighted by Crippen LogP contribution is -2.34. The monoisotopic (exact) mass is 319 g/mol. The zero-order chi connectivity index (χ0) is 16.8. The number of carbonyl (C=O) groups is 1. The largest absolute Gasteiger partial charge is 0.444 e. The molecular weight excluding hydrogens is 298 g/mol. The first-order valence-corrected chi connectivity index (χ1v) is 7.58. The number of hydrogen-bond donors (Lipinski definition) is 1. The maximum Gasteiger partial charge on any atom is 0.410 e. The van der Waals surface area contributed by atoms with E-state index in [1.807, 2.05) is 25.3 Å². The first-order valence-electron chi connectivity index (χ1n) is 7.58. The van der Waals surface area contributed by atoms with Crippen LogP contribution >= 0.6 is 0 Å². The van der Waals surface area contributed by atoms with Crippen LogP contribution in [0.2, 0.25) is 0 Å². The quantitative estimate of drug-likeness (QED) is 0.907. The smallest absolute Gasteiger partial charge is 0.410 e. The third kappa shape index (κ3) is 2.90. The van der Waals surface area contributed by atoms with Crippen molar-refractivity contribution >= 4 is 6.09 Å². The Kier molecular flexibility index (Phi) is 3.57. The van der Waals surface area contributed by atoms with Crippen LogP contribution in [-0.4, -0.2) is 46.8 Å². The topological polar surface area (TPSA) is 102 Å². The van der Waals surface area contributed by atoms with Crippen molar-refractivity contribution in [2.45, 2.75) is 59.4 Å². The van der Waals surface area contributed by atoms with Gasteiger partial charge in [0.1, 0.15) is 5.60 Å². The average Bonchev–Trinajstić information content (AvgIpc) is 3.10. The van der Waals surface area contributed by atoms with Crippen LogP contribution in [0.15, 0.2) is 0 Å². The molecule has 0 spiro atoms. The number of rotatable bonds is 2. The zero-order valence-electron chi connectivity index (χ0n) is 14.0. The molecule has 1 aliphatic heterocycles. The number of H-pyrrole nitrogens is 1. The SMILES string of the molecule is CC(C)n1c(-c2nn[nH]n2)nc2c1CN(C(=O)OC(C)(C)C)C2. The molecule has 2 aromatic heterocycles. The van der Waals surface area contributed by atoms with E-state index in [4.69, 9.17) is 4.74 Å². The third-order valence-corrected chi connectivity index (χ3v) is 3.49. The van der Waals surface area contributed by atoms with Crippen LogP contribution in [0.4, 0.5) is 4.79 Å². The molecule has 23 heavy (non-hydrogen) atoms. The van der Waals surface area contributed by atoms with Crippen molar-refractivity contribution in [1.29, 1.82) is 0 Å². The van der Waals surface area contributed by atoms with E-state index < -0.39 is 5.60 Å². The van der Waals surface area contributed by atoms with Crippen molar-refractivity contribution in [3.8, 4) is 11.6 Å². The average molecular weight is 319 g/mol. The number of tetrazole rings is 1. The molecule has 9 heteroatoms. The zero-order valence-corrected chi connectivity index (χ0v) is 14.0. The molecule has 0 aliphatic carbocycles. The Hall–Kier alpha value is -2.45. The Bertz CT molecular complexity index is 712. The van der Waals surface area contributed by atoms with Crippen LogP contribution in [0.1, 0.15) is 52.0 Å². The fourth-order valence-corrected chi connectivity index (χ4v) is 2.65. The highest BCUT2D eigenvalue weighted by molar-refractivity contribution is 5.69. The highest BCUT2D eigenvalue weighted by atomic mass is 16.6. The first-order chi connectivity index (χ1) is 10.8.